The molecule has 0 unspecified atom stereocenters. The van der Waals surface area contributed by atoms with Crippen LogP contribution in [-0.4, -0.2) is 36.8 Å². The van der Waals surface area contributed by atoms with Crippen molar-refractivity contribution in [2.45, 2.75) is 32.4 Å². The highest BCUT2D eigenvalue weighted by atomic mass is 31.2. The van der Waals surface area contributed by atoms with Crippen LogP contribution in [0.25, 0.3) is 0 Å². The second kappa shape index (κ2) is 9.34. The summed E-state index contributed by atoms with van der Waals surface area (Å²) in [4.78, 5) is 18.1. The SMILES string of the molecule is CCOP(=O)(OCC)[C@H](N=C1C(=O)N(Cc2ccccc2)c2ccccc21)C(F)(F)F. The minimum Gasteiger partial charge on any atom is -0.307 e. The molecule has 0 spiro atoms. The first-order chi connectivity index (χ1) is 14.7. The highest BCUT2D eigenvalue weighted by Gasteiger charge is 2.55. The molecule has 166 valence electrons. The number of hydrogen-bond acceptors (Lipinski definition) is 5. The van der Waals surface area contributed by atoms with Gasteiger partial charge in [-0.1, -0.05) is 48.5 Å². The van der Waals surface area contributed by atoms with Crippen molar-refractivity contribution in [2.24, 2.45) is 4.99 Å². The minimum absolute atomic E-state index is 0.154. The topological polar surface area (TPSA) is 68.2 Å². The van der Waals surface area contributed by atoms with E-state index in [1.54, 1.807) is 30.3 Å². The van der Waals surface area contributed by atoms with E-state index >= 15 is 0 Å². The summed E-state index contributed by atoms with van der Waals surface area (Å²) >= 11 is 0. The molecule has 3 rings (SSSR count). The predicted octanol–water partition coefficient (Wildman–Crippen LogP) is 5.18. The van der Waals surface area contributed by atoms with Crippen LogP contribution in [0.1, 0.15) is 25.0 Å². The molecule has 1 amide bonds. The van der Waals surface area contributed by atoms with Gasteiger partial charge in [-0.2, -0.15) is 13.2 Å². The third-order valence-electron chi connectivity index (χ3n) is 4.54. The molecule has 0 aromatic heterocycles. The van der Waals surface area contributed by atoms with E-state index in [9.17, 15) is 22.5 Å². The predicted molar refractivity (Wildman–Crippen MR) is 111 cm³/mol. The Hall–Kier alpha value is -2.48. The van der Waals surface area contributed by atoms with E-state index < -0.39 is 31.2 Å². The number of carbonyl (C=O) groups is 1. The van der Waals surface area contributed by atoms with E-state index in [0.717, 1.165) is 5.56 Å². The van der Waals surface area contributed by atoms with Crippen LogP contribution in [0.5, 0.6) is 0 Å². The van der Waals surface area contributed by atoms with Gasteiger partial charge < -0.3 is 13.9 Å². The number of alkyl halides is 3. The number of amides is 1. The second-order valence-corrected chi connectivity index (χ2v) is 8.75. The van der Waals surface area contributed by atoms with Crippen LogP contribution in [0.2, 0.25) is 0 Å². The molecule has 2 aromatic rings. The zero-order valence-electron chi connectivity index (χ0n) is 17.0. The molecule has 2 aromatic carbocycles. The summed E-state index contributed by atoms with van der Waals surface area (Å²) in [7, 11) is -4.71. The first-order valence-electron chi connectivity index (χ1n) is 9.69. The lowest BCUT2D eigenvalue weighted by molar-refractivity contribution is -0.133. The standard InChI is InChI=1S/C21H22F3N2O4P/c1-3-29-31(28,30-4-2)20(21(22,23)24)25-18-16-12-8-9-13-17(16)26(19(18)27)14-15-10-6-5-7-11-15/h5-13,20H,3-4,14H2,1-2H3/t20-/m0/s1. The first-order valence-corrected chi connectivity index (χ1v) is 11.3. The Bertz CT molecular complexity index is 1000. The normalized spacial score (nSPS) is 16.6. The molecular formula is C21H22F3N2O4P. The maximum atomic E-state index is 13.9. The van der Waals surface area contributed by atoms with Gasteiger partial charge in [0.15, 0.2) is 0 Å². The second-order valence-electron chi connectivity index (χ2n) is 6.66. The van der Waals surface area contributed by atoms with Gasteiger partial charge >= 0.3 is 13.8 Å². The van der Waals surface area contributed by atoms with Crippen molar-refractivity contribution in [3.05, 3.63) is 65.7 Å². The number of aliphatic imine (C=N–C) groups is 1. The largest absolute Gasteiger partial charge is 0.422 e. The van der Waals surface area contributed by atoms with E-state index in [-0.39, 0.29) is 25.3 Å². The van der Waals surface area contributed by atoms with Crippen LogP contribution in [0.4, 0.5) is 18.9 Å². The lowest BCUT2D eigenvalue weighted by Crippen LogP contribution is -2.34. The van der Waals surface area contributed by atoms with Crippen molar-refractivity contribution < 1.29 is 31.6 Å². The monoisotopic (exact) mass is 454 g/mol. The number of para-hydroxylation sites is 1. The quantitative estimate of drug-likeness (QED) is 0.516. The van der Waals surface area contributed by atoms with Crippen molar-refractivity contribution in [2.75, 3.05) is 18.1 Å². The molecule has 0 saturated heterocycles. The summed E-state index contributed by atoms with van der Waals surface area (Å²) in [5, 5.41) is 0. The average Bonchev–Trinajstić information content (AvgIpc) is 2.98. The molecule has 6 nitrogen and oxygen atoms in total. The van der Waals surface area contributed by atoms with E-state index in [1.165, 1.54) is 24.8 Å². The van der Waals surface area contributed by atoms with E-state index in [4.69, 9.17) is 9.05 Å². The summed E-state index contributed by atoms with van der Waals surface area (Å²) < 4.78 is 64.4. The fourth-order valence-corrected chi connectivity index (χ4v) is 4.99. The molecule has 0 aliphatic carbocycles. The molecule has 0 fully saturated rings. The highest BCUT2D eigenvalue weighted by molar-refractivity contribution is 7.54. The Morgan fingerprint density at radius 3 is 2.16 bits per heavy atom. The van der Waals surface area contributed by atoms with Crippen LogP contribution in [0.15, 0.2) is 59.6 Å². The van der Waals surface area contributed by atoms with E-state index in [1.807, 2.05) is 18.2 Å². The molecule has 0 bridgehead atoms. The van der Waals surface area contributed by atoms with Gasteiger partial charge in [-0.15, -0.1) is 0 Å². The fourth-order valence-electron chi connectivity index (χ4n) is 3.29. The summed E-state index contributed by atoms with van der Waals surface area (Å²) in [6.45, 7) is 2.44. The number of anilines is 1. The molecule has 0 N–H and O–H groups in total. The summed E-state index contributed by atoms with van der Waals surface area (Å²) in [6, 6.07) is 15.5. The molecule has 1 atom stereocenters. The van der Waals surface area contributed by atoms with Crippen LogP contribution in [0, 0.1) is 0 Å². The number of carbonyl (C=O) groups excluding carboxylic acids is 1. The number of hydrogen-bond donors (Lipinski definition) is 0. The molecule has 0 radical (unpaired) electrons. The summed E-state index contributed by atoms with van der Waals surface area (Å²) in [5.41, 5.74) is 1.04. The van der Waals surface area contributed by atoms with Crippen molar-refractivity contribution in [1.82, 2.24) is 0 Å². The van der Waals surface area contributed by atoms with Gasteiger partial charge in [0.25, 0.3) is 5.91 Å². The number of fused-ring (bicyclic) bond motifs is 1. The summed E-state index contributed by atoms with van der Waals surface area (Å²) in [6.07, 6.45) is -5.05. The Kier molecular flexibility index (Phi) is 6.99. The zero-order valence-corrected chi connectivity index (χ0v) is 17.9. The fraction of sp³-hybridized carbons (Fsp3) is 0.333. The summed E-state index contributed by atoms with van der Waals surface area (Å²) in [5.74, 6) is -3.53. The number of halogens is 3. The van der Waals surface area contributed by atoms with Crippen molar-refractivity contribution in [3.63, 3.8) is 0 Å². The molecule has 1 aliphatic rings. The van der Waals surface area contributed by atoms with Gasteiger partial charge in [0.2, 0.25) is 5.78 Å². The van der Waals surface area contributed by atoms with Crippen LogP contribution in [-0.2, 0) is 25.0 Å². The third-order valence-corrected chi connectivity index (χ3v) is 6.79. The average molecular weight is 454 g/mol. The number of nitrogens with zero attached hydrogens (tertiary/aromatic N) is 2. The smallest absolute Gasteiger partial charge is 0.307 e. The highest BCUT2D eigenvalue weighted by Crippen LogP contribution is 2.59. The number of benzene rings is 2. The molecule has 31 heavy (non-hydrogen) atoms. The lowest BCUT2D eigenvalue weighted by atomic mass is 10.1. The minimum atomic E-state index is -5.05. The molecular weight excluding hydrogens is 432 g/mol. The maximum absolute atomic E-state index is 13.9. The molecule has 0 saturated carbocycles. The zero-order chi connectivity index (χ0) is 22.6. The first kappa shape index (κ1) is 23.2. The molecule has 10 heteroatoms. The van der Waals surface area contributed by atoms with Gasteiger partial charge in [-0.05, 0) is 25.5 Å². The van der Waals surface area contributed by atoms with Crippen LogP contribution in [0.3, 0.4) is 0 Å². The maximum Gasteiger partial charge on any atom is 0.422 e. The van der Waals surface area contributed by atoms with Gasteiger partial charge in [-0.3, -0.25) is 14.4 Å². The molecule has 1 heterocycles. The Morgan fingerprint density at radius 2 is 1.58 bits per heavy atom. The molecule has 1 aliphatic heterocycles. The van der Waals surface area contributed by atoms with Gasteiger partial charge in [0.1, 0.15) is 5.71 Å². The lowest BCUT2D eigenvalue weighted by Gasteiger charge is -2.25. The van der Waals surface area contributed by atoms with Crippen molar-refractivity contribution in [3.8, 4) is 0 Å². The van der Waals surface area contributed by atoms with Crippen molar-refractivity contribution in [1.29, 1.82) is 0 Å². The Balaban J connectivity index is 2.08. The Labute approximate surface area is 178 Å². The van der Waals surface area contributed by atoms with Gasteiger partial charge in [-0.25, -0.2) is 0 Å². The van der Waals surface area contributed by atoms with Crippen LogP contribution >= 0.6 is 7.60 Å². The van der Waals surface area contributed by atoms with Gasteiger partial charge in [0.05, 0.1) is 25.4 Å². The van der Waals surface area contributed by atoms with E-state index in [0.29, 0.717) is 5.69 Å². The van der Waals surface area contributed by atoms with Gasteiger partial charge in [0, 0.05) is 5.56 Å². The van der Waals surface area contributed by atoms with Crippen molar-refractivity contribution >= 4 is 24.9 Å². The number of rotatable bonds is 8. The van der Waals surface area contributed by atoms with E-state index in [2.05, 4.69) is 4.99 Å². The Morgan fingerprint density at radius 1 is 1.00 bits per heavy atom. The van der Waals surface area contributed by atoms with Crippen LogP contribution < -0.4 is 4.90 Å². The third kappa shape index (κ3) is 4.89.